The van der Waals surface area contributed by atoms with Gasteiger partial charge in [-0.15, -0.1) is 0 Å². The Balaban J connectivity index is 2.32. The molecule has 17 heavy (non-hydrogen) atoms. The summed E-state index contributed by atoms with van der Waals surface area (Å²) in [6.45, 7) is 2.05. The van der Waals surface area contributed by atoms with Crippen molar-refractivity contribution in [3.63, 3.8) is 0 Å². The summed E-state index contributed by atoms with van der Waals surface area (Å²) >= 11 is 0. The first-order valence-corrected chi connectivity index (χ1v) is 6.72. The molecule has 0 bridgehead atoms. The second kappa shape index (κ2) is 7.30. The summed E-state index contributed by atoms with van der Waals surface area (Å²) in [7, 11) is 0. The third kappa shape index (κ3) is 5.20. The Hall–Kier alpha value is -1.06. The zero-order valence-electron chi connectivity index (χ0n) is 10.7. The van der Waals surface area contributed by atoms with E-state index in [1.165, 1.54) is 12.8 Å². The SMILES string of the molecule is CCCC[C@@H](NC(=O)CC1CCCC1)C(N)=O. The molecule has 2 amide bonds. The summed E-state index contributed by atoms with van der Waals surface area (Å²) in [4.78, 5) is 22.9. The quantitative estimate of drug-likeness (QED) is 0.711. The highest BCUT2D eigenvalue weighted by molar-refractivity contribution is 5.86. The maximum absolute atomic E-state index is 11.8. The van der Waals surface area contributed by atoms with Crippen LogP contribution in [0.2, 0.25) is 0 Å². The number of rotatable bonds is 7. The summed E-state index contributed by atoms with van der Waals surface area (Å²) in [6.07, 6.45) is 7.87. The molecule has 0 aromatic rings. The van der Waals surface area contributed by atoms with E-state index in [0.29, 0.717) is 18.8 Å². The standard InChI is InChI=1S/C13H24N2O2/c1-2-3-8-11(13(14)17)15-12(16)9-10-6-4-5-7-10/h10-11H,2-9H2,1H3,(H2,14,17)(H,15,16)/t11-/m1/s1. The fourth-order valence-corrected chi connectivity index (χ4v) is 2.42. The van der Waals surface area contributed by atoms with E-state index in [-0.39, 0.29) is 5.91 Å². The van der Waals surface area contributed by atoms with Crippen LogP contribution in [0.3, 0.4) is 0 Å². The molecule has 0 heterocycles. The Labute approximate surface area is 103 Å². The van der Waals surface area contributed by atoms with Gasteiger partial charge in [-0.1, -0.05) is 32.6 Å². The highest BCUT2D eigenvalue weighted by Gasteiger charge is 2.22. The highest BCUT2D eigenvalue weighted by Crippen LogP contribution is 2.27. The molecule has 4 nitrogen and oxygen atoms in total. The van der Waals surface area contributed by atoms with E-state index in [9.17, 15) is 9.59 Å². The molecule has 0 unspecified atom stereocenters. The number of hydrogen-bond donors (Lipinski definition) is 2. The lowest BCUT2D eigenvalue weighted by Crippen LogP contribution is -2.44. The van der Waals surface area contributed by atoms with Crippen molar-refractivity contribution in [3.05, 3.63) is 0 Å². The van der Waals surface area contributed by atoms with E-state index in [0.717, 1.165) is 25.7 Å². The van der Waals surface area contributed by atoms with E-state index >= 15 is 0 Å². The van der Waals surface area contributed by atoms with Crippen molar-refractivity contribution in [2.45, 2.75) is 64.3 Å². The Morgan fingerprint density at radius 2 is 2.00 bits per heavy atom. The maximum atomic E-state index is 11.8. The van der Waals surface area contributed by atoms with Crippen LogP contribution in [0.1, 0.15) is 58.3 Å². The fraction of sp³-hybridized carbons (Fsp3) is 0.846. The fourth-order valence-electron chi connectivity index (χ4n) is 2.42. The number of nitrogens with one attached hydrogen (secondary N) is 1. The van der Waals surface area contributed by atoms with Crippen LogP contribution in [0.5, 0.6) is 0 Å². The number of hydrogen-bond acceptors (Lipinski definition) is 2. The molecular formula is C13H24N2O2. The van der Waals surface area contributed by atoms with Crippen molar-refractivity contribution in [3.8, 4) is 0 Å². The van der Waals surface area contributed by atoms with E-state index < -0.39 is 11.9 Å². The molecule has 0 aromatic carbocycles. The van der Waals surface area contributed by atoms with Gasteiger partial charge in [0.1, 0.15) is 6.04 Å². The van der Waals surface area contributed by atoms with Crippen LogP contribution in [0.25, 0.3) is 0 Å². The third-order valence-corrected chi connectivity index (χ3v) is 3.47. The second-order valence-corrected chi connectivity index (χ2v) is 5.02. The molecule has 1 atom stereocenters. The Bertz CT molecular complexity index is 260. The summed E-state index contributed by atoms with van der Waals surface area (Å²) in [6, 6.07) is -0.483. The van der Waals surface area contributed by atoms with Crippen molar-refractivity contribution in [1.82, 2.24) is 5.32 Å². The van der Waals surface area contributed by atoms with Crippen LogP contribution in [-0.2, 0) is 9.59 Å². The zero-order valence-corrected chi connectivity index (χ0v) is 10.7. The largest absolute Gasteiger partial charge is 0.368 e. The van der Waals surface area contributed by atoms with Gasteiger partial charge in [0.05, 0.1) is 0 Å². The van der Waals surface area contributed by atoms with E-state index in [1.54, 1.807) is 0 Å². The maximum Gasteiger partial charge on any atom is 0.239 e. The first-order chi connectivity index (χ1) is 8.13. The van der Waals surface area contributed by atoms with E-state index in [1.807, 2.05) is 0 Å². The van der Waals surface area contributed by atoms with Gasteiger partial charge in [-0.3, -0.25) is 9.59 Å². The smallest absolute Gasteiger partial charge is 0.239 e. The molecule has 1 saturated carbocycles. The van der Waals surface area contributed by atoms with Gasteiger partial charge >= 0.3 is 0 Å². The van der Waals surface area contributed by atoms with Crippen molar-refractivity contribution < 1.29 is 9.59 Å². The topological polar surface area (TPSA) is 72.2 Å². The average Bonchev–Trinajstić information content (AvgIpc) is 2.76. The number of unbranched alkanes of at least 4 members (excludes halogenated alkanes) is 1. The molecule has 1 aliphatic carbocycles. The molecule has 0 radical (unpaired) electrons. The first-order valence-electron chi connectivity index (χ1n) is 6.72. The second-order valence-electron chi connectivity index (χ2n) is 5.02. The minimum absolute atomic E-state index is 0.0168. The Kier molecular flexibility index (Phi) is 6.01. The molecule has 0 spiro atoms. The van der Waals surface area contributed by atoms with E-state index in [4.69, 9.17) is 5.73 Å². The zero-order chi connectivity index (χ0) is 12.7. The summed E-state index contributed by atoms with van der Waals surface area (Å²) in [5.41, 5.74) is 5.28. The minimum Gasteiger partial charge on any atom is -0.368 e. The van der Waals surface area contributed by atoms with E-state index in [2.05, 4.69) is 12.2 Å². The normalized spacial score (nSPS) is 17.9. The summed E-state index contributed by atoms with van der Waals surface area (Å²) in [5.74, 6) is 0.0738. The molecule has 1 fully saturated rings. The Morgan fingerprint density at radius 1 is 1.35 bits per heavy atom. The highest BCUT2D eigenvalue weighted by atomic mass is 16.2. The lowest BCUT2D eigenvalue weighted by atomic mass is 10.0. The van der Waals surface area contributed by atoms with Gasteiger partial charge in [-0.25, -0.2) is 0 Å². The van der Waals surface area contributed by atoms with Crippen molar-refractivity contribution >= 4 is 11.8 Å². The summed E-state index contributed by atoms with van der Waals surface area (Å²) < 4.78 is 0. The number of nitrogens with two attached hydrogens (primary N) is 1. The van der Waals surface area contributed by atoms with Gasteiger partial charge in [-0.05, 0) is 25.2 Å². The lowest BCUT2D eigenvalue weighted by Gasteiger charge is -2.16. The van der Waals surface area contributed by atoms with Gasteiger partial charge in [0, 0.05) is 6.42 Å². The van der Waals surface area contributed by atoms with Gasteiger partial charge < -0.3 is 11.1 Å². The van der Waals surface area contributed by atoms with Gasteiger partial charge in [0.25, 0.3) is 0 Å². The van der Waals surface area contributed by atoms with Gasteiger partial charge in [-0.2, -0.15) is 0 Å². The first kappa shape index (κ1) is 14.0. The predicted molar refractivity (Wildman–Crippen MR) is 67.2 cm³/mol. The number of carbonyl (C=O) groups excluding carboxylic acids is 2. The summed E-state index contributed by atoms with van der Waals surface area (Å²) in [5, 5.41) is 2.76. The number of primary amides is 1. The predicted octanol–water partition coefficient (Wildman–Crippen LogP) is 1.73. The molecule has 3 N–H and O–H groups in total. The molecule has 4 heteroatoms. The van der Waals surface area contributed by atoms with Crippen LogP contribution in [0, 0.1) is 5.92 Å². The average molecular weight is 240 g/mol. The molecule has 1 rings (SSSR count). The molecule has 0 aliphatic heterocycles. The molecular weight excluding hydrogens is 216 g/mol. The van der Waals surface area contributed by atoms with Crippen LogP contribution in [0.15, 0.2) is 0 Å². The van der Waals surface area contributed by atoms with Crippen LogP contribution < -0.4 is 11.1 Å². The Morgan fingerprint density at radius 3 is 2.53 bits per heavy atom. The van der Waals surface area contributed by atoms with Crippen molar-refractivity contribution in [2.24, 2.45) is 11.7 Å². The molecule has 0 aromatic heterocycles. The molecule has 1 aliphatic rings. The minimum atomic E-state index is -0.483. The monoisotopic (exact) mass is 240 g/mol. The third-order valence-electron chi connectivity index (χ3n) is 3.47. The van der Waals surface area contributed by atoms with Gasteiger partial charge in [0.15, 0.2) is 0 Å². The lowest BCUT2D eigenvalue weighted by molar-refractivity contribution is -0.128. The number of carbonyl (C=O) groups is 2. The van der Waals surface area contributed by atoms with Gasteiger partial charge in [0.2, 0.25) is 11.8 Å². The molecule has 0 saturated heterocycles. The van der Waals surface area contributed by atoms with Crippen molar-refractivity contribution in [2.75, 3.05) is 0 Å². The van der Waals surface area contributed by atoms with Crippen LogP contribution >= 0.6 is 0 Å². The van der Waals surface area contributed by atoms with Crippen molar-refractivity contribution in [1.29, 1.82) is 0 Å². The molecule has 98 valence electrons. The van der Waals surface area contributed by atoms with Crippen LogP contribution in [-0.4, -0.2) is 17.9 Å². The number of amides is 2. The van der Waals surface area contributed by atoms with Crippen LogP contribution in [0.4, 0.5) is 0 Å².